The van der Waals surface area contributed by atoms with E-state index in [0.717, 1.165) is 18.4 Å². The van der Waals surface area contributed by atoms with Crippen molar-refractivity contribution in [2.24, 2.45) is 0 Å². The standard InChI is InChI=1S/C16H18O/c1-3-12-6-5-7-14(8-12)15-9-13(4-2)10-16(17)11-15/h5-11,17H,3-4H2,1-2H3. The van der Waals surface area contributed by atoms with Crippen LogP contribution in [0.4, 0.5) is 0 Å². The molecule has 0 amide bonds. The molecule has 0 radical (unpaired) electrons. The van der Waals surface area contributed by atoms with Crippen LogP contribution in [0.1, 0.15) is 25.0 Å². The van der Waals surface area contributed by atoms with Crippen molar-refractivity contribution in [1.29, 1.82) is 0 Å². The van der Waals surface area contributed by atoms with Gasteiger partial charge in [-0.1, -0.05) is 44.2 Å². The molecule has 0 saturated carbocycles. The summed E-state index contributed by atoms with van der Waals surface area (Å²) in [5, 5.41) is 9.71. The molecular formula is C16H18O. The van der Waals surface area contributed by atoms with Crippen LogP contribution in [0.15, 0.2) is 42.5 Å². The van der Waals surface area contributed by atoms with Gasteiger partial charge in [-0.25, -0.2) is 0 Å². The van der Waals surface area contributed by atoms with E-state index in [0.29, 0.717) is 5.75 Å². The van der Waals surface area contributed by atoms with Crippen LogP contribution in [0.5, 0.6) is 5.75 Å². The summed E-state index contributed by atoms with van der Waals surface area (Å²) >= 11 is 0. The van der Waals surface area contributed by atoms with Crippen molar-refractivity contribution in [2.75, 3.05) is 0 Å². The van der Waals surface area contributed by atoms with Gasteiger partial charge in [-0.05, 0) is 47.2 Å². The maximum absolute atomic E-state index is 9.71. The smallest absolute Gasteiger partial charge is 0.116 e. The van der Waals surface area contributed by atoms with Gasteiger partial charge in [0.1, 0.15) is 5.75 Å². The molecule has 0 unspecified atom stereocenters. The highest BCUT2D eigenvalue weighted by atomic mass is 16.3. The molecule has 0 saturated heterocycles. The Morgan fingerprint density at radius 2 is 1.53 bits per heavy atom. The van der Waals surface area contributed by atoms with Gasteiger partial charge in [0.2, 0.25) is 0 Å². The number of hydrogen-bond donors (Lipinski definition) is 1. The molecule has 1 N–H and O–H groups in total. The number of aryl methyl sites for hydroxylation is 2. The fourth-order valence-corrected chi connectivity index (χ4v) is 2.02. The Kier molecular flexibility index (Phi) is 3.48. The van der Waals surface area contributed by atoms with Gasteiger partial charge in [0, 0.05) is 0 Å². The van der Waals surface area contributed by atoms with Crippen molar-refractivity contribution in [3.63, 3.8) is 0 Å². The van der Waals surface area contributed by atoms with E-state index < -0.39 is 0 Å². The molecule has 2 aromatic rings. The fraction of sp³-hybridized carbons (Fsp3) is 0.250. The molecule has 0 heterocycles. The van der Waals surface area contributed by atoms with E-state index in [1.807, 2.05) is 12.1 Å². The first kappa shape index (κ1) is 11.7. The van der Waals surface area contributed by atoms with E-state index in [-0.39, 0.29) is 0 Å². The molecule has 0 fully saturated rings. The monoisotopic (exact) mass is 226 g/mol. The topological polar surface area (TPSA) is 20.2 Å². The Labute approximate surface area is 103 Å². The van der Waals surface area contributed by atoms with E-state index in [4.69, 9.17) is 0 Å². The van der Waals surface area contributed by atoms with Crippen LogP contribution in [0.25, 0.3) is 11.1 Å². The molecule has 0 aliphatic rings. The van der Waals surface area contributed by atoms with Gasteiger partial charge in [-0.2, -0.15) is 0 Å². The first-order chi connectivity index (χ1) is 8.22. The average Bonchev–Trinajstić information content (AvgIpc) is 2.38. The molecule has 1 heteroatoms. The van der Waals surface area contributed by atoms with Crippen LogP contribution in [-0.2, 0) is 12.8 Å². The highest BCUT2D eigenvalue weighted by Crippen LogP contribution is 2.26. The normalized spacial score (nSPS) is 10.5. The third kappa shape index (κ3) is 2.68. The van der Waals surface area contributed by atoms with Crippen LogP contribution < -0.4 is 0 Å². The van der Waals surface area contributed by atoms with E-state index in [2.05, 4.69) is 44.2 Å². The molecule has 0 aliphatic carbocycles. The maximum atomic E-state index is 9.71. The predicted octanol–water partition coefficient (Wildman–Crippen LogP) is 4.18. The number of rotatable bonds is 3. The first-order valence-corrected chi connectivity index (χ1v) is 6.15. The zero-order valence-electron chi connectivity index (χ0n) is 10.4. The molecule has 0 bridgehead atoms. The second-order valence-electron chi connectivity index (χ2n) is 4.30. The van der Waals surface area contributed by atoms with Gasteiger partial charge in [0.05, 0.1) is 0 Å². The molecule has 0 aliphatic heterocycles. The Hall–Kier alpha value is -1.76. The van der Waals surface area contributed by atoms with E-state index in [1.54, 1.807) is 0 Å². The summed E-state index contributed by atoms with van der Waals surface area (Å²) in [6.45, 7) is 4.25. The van der Waals surface area contributed by atoms with E-state index in [9.17, 15) is 5.11 Å². The molecular weight excluding hydrogens is 208 g/mol. The maximum Gasteiger partial charge on any atom is 0.116 e. The minimum atomic E-state index is 0.348. The number of hydrogen-bond acceptors (Lipinski definition) is 1. The third-order valence-electron chi connectivity index (χ3n) is 3.05. The quantitative estimate of drug-likeness (QED) is 0.832. The molecule has 0 spiro atoms. The van der Waals surface area contributed by atoms with Gasteiger partial charge in [0.25, 0.3) is 0 Å². The Morgan fingerprint density at radius 1 is 0.824 bits per heavy atom. The second-order valence-corrected chi connectivity index (χ2v) is 4.30. The second kappa shape index (κ2) is 5.05. The number of benzene rings is 2. The van der Waals surface area contributed by atoms with Crippen molar-refractivity contribution < 1.29 is 5.11 Å². The largest absolute Gasteiger partial charge is 0.508 e. The van der Waals surface area contributed by atoms with Gasteiger partial charge in [-0.15, -0.1) is 0 Å². The van der Waals surface area contributed by atoms with Crippen molar-refractivity contribution in [3.8, 4) is 16.9 Å². The van der Waals surface area contributed by atoms with Crippen molar-refractivity contribution in [2.45, 2.75) is 26.7 Å². The Morgan fingerprint density at radius 3 is 2.24 bits per heavy atom. The lowest BCUT2D eigenvalue weighted by Crippen LogP contribution is -1.86. The number of phenolic OH excluding ortho intramolecular Hbond substituents is 1. The van der Waals surface area contributed by atoms with E-state index in [1.165, 1.54) is 16.7 Å². The summed E-state index contributed by atoms with van der Waals surface area (Å²) in [6, 6.07) is 14.3. The summed E-state index contributed by atoms with van der Waals surface area (Å²) in [5.41, 5.74) is 4.76. The highest BCUT2D eigenvalue weighted by molar-refractivity contribution is 5.66. The lowest BCUT2D eigenvalue weighted by Gasteiger charge is -2.07. The molecule has 17 heavy (non-hydrogen) atoms. The molecule has 2 rings (SSSR count). The lowest BCUT2D eigenvalue weighted by atomic mass is 9.99. The highest BCUT2D eigenvalue weighted by Gasteiger charge is 2.02. The molecule has 88 valence electrons. The average molecular weight is 226 g/mol. The minimum absolute atomic E-state index is 0.348. The van der Waals surface area contributed by atoms with Crippen molar-refractivity contribution in [1.82, 2.24) is 0 Å². The van der Waals surface area contributed by atoms with Crippen LogP contribution >= 0.6 is 0 Å². The third-order valence-corrected chi connectivity index (χ3v) is 3.05. The Bertz CT molecular complexity index is 515. The van der Waals surface area contributed by atoms with Gasteiger partial charge in [-0.3, -0.25) is 0 Å². The lowest BCUT2D eigenvalue weighted by molar-refractivity contribution is 0.475. The van der Waals surface area contributed by atoms with Gasteiger partial charge >= 0.3 is 0 Å². The zero-order valence-corrected chi connectivity index (χ0v) is 10.4. The molecule has 0 aromatic heterocycles. The summed E-state index contributed by atoms with van der Waals surface area (Å²) < 4.78 is 0. The summed E-state index contributed by atoms with van der Waals surface area (Å²) in [7, 11) is 0. The van der Waals surface area contributed by atoms with Crippen molar-refractivity contribution in [3.05, 3.63) is 53.6 Å². The number of aromatic hydroxyl groups is 1. The van der Waals surface area contributed by atoms with E-state index >= 15 is 0 Å². The predicted molar refractivity (Wildman–Crippen MR) is 72.3 cm³/mol. The summed E-state index contributed by atoms with van der Waals surface area (Å²) in [6.07, 6.45) is 1.97. The molecule has 0 atom stereocenters. The Balaban J connectivity index is 2.47. The van der Waals surface area contributed by atoms with Crippen LogP contribution in [0.2, 0.25) is 0 Å². The zero-order chi connectivity index (χ0) is 12.3. The van der Waals surface area contributed by atoms with Crippen LogP contribution in [0, 0.1) is 0 Å². The van der Waals surface area contributed by atoms with Crippen LogP contribution in [-0.4, -0.2) is 5.11 Å². The summed E-state index contributed by atoms with van der Waals surface area (Å²) in [5.74, 6) is 0.348. The molecule has 2 aromatic carbocycles. The fourth-order valence-electron chi connectivity index (χ4n) is 2.02. The SMILES string of the molecule is CCc1cccc(-c2cc(O)cc(CC)c2)c1. The van der Waals surface area contributed by atoms with Crippen molar-refractivity contribution >= 4 is 0 Å². The summed E-state index contributed by atoms with van der Waals surface area (Å²) in [4.78, 5) is 0. The minimum Gasteiger partial charge on any atom is -0.508 e. The van der Waals surface area contributed by atoms with Gasteiger partial charge < -0.3 is 5.11 Å². The molecule has 1 nitrogen and oxygen atoms in total. The van der Waals surface area contributed by atoms with Gasteiger partial charge in [0.15, 0.2) is 0 Å². The first-order valence-electron chi connectivity index (χ1n) is 6.15. The van der Waals surface area contributed by atoms with Crippen LogP contribution in [0.3, 0.4) is 0 Å². The number of phenols is 1.